The van der Waals surface area contributed by atoms with Gasteiger partial charge in [0.1, 0.15) is 17.5 Å². The molecule has 3 N–H and O–H groups in total. The number of benzene rings is 2. The maximum atomic E-state index is 13.2. The fourth-order valence-corrected chi connectivity index (χ4v) is 5.02. The molecule has 0 saturated heterocycles. The third kappa shape index (κ3) is 6.48. The number of amides is 2. The molecule has 2 aromatic rings. The van der Waals surface area contributed by atoms with Crippen LogP contribution in [-0.4, -0.2) is 40.5 Å². The number of aryl methyl sites for hydroxylation is 1. The van der Waals surface area contributed by atoms with Crippen molar-refractivity contribution < 1.29 is 27.5 Å². The van der Waals surface area contributed by atoms with Crippen LogP contribution in [0.25, 0.3) is 0 Å². The van der Waals surface area contributed by atoms with Crippen LogP contribution in [0.5, 0.6) is 11.5 Å². The molecule has 1 atom stereocenters. The molecule has 0 saturated carbocycles. The van der Waals surface area contributed by atoms with Crippen LogP contribution >= 0.6 is 0 Å². The van der Waals surface area contributed by atoms with Gasteiger partial charge in [-0.1, -0.05) is 13.8 Å². The van der Waals surface area contributed by atoms with Crippen LogP contribution in [0, 0.1) is 5.92 Å². The number of ether oxygens (including phenoxy) is 2. The first-order valence-electron chi connectivity index (χ1n) is 11.1. The summed E-state index contributed by atoms with van der Waals surface area (Å²) in [6.07, 6.45) is 1.91. The minimum absolute atomic E-state index is 0.0482. The number of methoxy groups -OCH3 is 2. The molecule has 3 rings (SSSR count). The first-order chi connectivity index (χ1) is 16.1. The van der Waals surface area contributed by atoms with E-state index in [4.69, 9.17) is 9.47 Å². The van der Waals surface area contributed by atoms with Crippen LogP contribution < -0.4 is 24.8 Å². The lowest BCUT2D eigenvalue weighted by molar-refractivity contribution is -0.118. The molecule has 0 unspecified atom stereocenters. The largest absolute Gasteiger partial charge is 0.497 e. The van der Waals surface area contributed by atoms with Crippen LogP contribution in [-0.2, 0) is 26.0 Å². The number of hydrogen-bond acceptors (Lipinski definition) is 6. The van der Waals surface area contributed by atoms with Gasteiger partial charge in [-0.05, 0) is 48.9 Å². The SMILES string of the molecule is COc1cc(NC(=O)[C@@H](CC(C)C)NS(=O)(=O)c2ccc3c(c2)CCCC(=O)N3)cc(OC)c1. The minimum Gasteiger partial charge on any atom is -0.497 e. The number of carbonyl (C=O) groups excluding carboxylic acids is 2. The van der Waals surface area contributed by atoms with Gasteiger partial charge < -0.3 is 20.1 Å². The molecule has 9 nitrogen and oxygen atoms in total. The van der Waals surface area contributed by atoms with Crippen LogP contribution in [0.3, 0.4) is 0 Å². The Hall–Kier alpha value is -3.11. The van der Waals surface area contributed by atoms with Gasteiger partial charge >= 0.3 is 0 Å². The van der Waals surface area contributed by atoms with Gasteiger partial charge in [0.2, 0.25) is 21.8 Å². The molecule has 0 bridgehead atoms. The Labute approximate surface area is 200 Å². The lowest BCUT2D eigenvalue weighted by Gasteiger charge is -2.21. The maximum absolute atomic E-state index is 13.2. The number of nitrogens with one attached hydrogen (secondary N) is 3. The van der Waals surface area contributed by atoms with E-state index in [1.807, 2.05) is 13.8 Å². The summed E-state index contributed by atoms with van der Waals surface area (Å²) in [5.41, 5.74) is 1.79. The molecule has 0 spiro atoms. The van der Waals surface area contributed by atoms with Crippen molar-refractivity contribution >= 4 is 33.2 Å². The average molecular weight is 490 g/mol. The zero-order valence-corrected chi connectivity index (χ0v) is 20.6. The molecule has 0 aliphatic carbocycles. The lowest BCUT2D eigenvalue weighted by atomic mass is 10.0. The van der Waals surface area contributed by atoms with Gasteiger partial charge in [-0.25, -0.2) is 8.42 Å². The average Bonchev–Trinajstić information content (AvgIpc) is 2.97. The summed E-state index contributed by atoms with van der Waals surface area (Å²) in [6, 6.07) is 8.51. The quantitative estimate of drug-likeness (QED) is 0.497. The fraction of sp³-hybridized carbons (Fsp3) is 0.417. The van der Waals surface area contributed by atoms with Crippen molar-refractivity contribution in [3.8, 4) is 11.5 Å². The standard InChI is InChI=1S/C24H31N3O6S/c1-15(2)10-22(24(29)25-17-12-18(32-3)14-19(13-17)33-4)27-34(30,31)20-8-9-21-16(11-20)6-5-7-23(28)26-21/h8-9,11-15,22,27H,5-7,10H2,1-4H3,(H,25,29)(H,26,28)/t22-/m1/s1. The molecule has 10 heteroatoms. The topological polar surface area (TPSA) is 123 Å². The van der Waals surface area contributed by atoms with Gasteiger partial charge in [0.15, 0.2) is 0 Å². The molecule has 184 valence electrons. The van der Waals surface area contributed by atoms with E-state index in [0.29, 0.717) is 48.6 Å². The van der Waals surface area contributed by atoms with Crippen LogP contribution in [0.4, 0.5) is 11.4 Å². The highest BCUT2D eigenvalue weighted by atomic mass is 32.2. The first-order valence-corrected chi connectivity index (χ1v) is 12.6. The second-order valence-corrected chi connectivity index (χ2v) is 10.3. The number of anilines is 2. The number of rotatable bonds is 9. The molecule has 2 amide bonds. The Morgan fingerprint density at radius 3 is 2.35 bits per heavy atom. The normalized spacial score (nSPS) is 14.6. The van der Waals surface area contributed by atoms with Gasteiger partial charge in [-0.15, -0.1) is 0 Å². The maximum Gasteiger partial charge on any atom is 0.242 e. The van der Waals surface area contributed by atoms with E-state index in [2.05, 4.69) is 15.4 Å². The predicted molar refractivity (Wildman–Crippen MR) is 130 cm³/mol. The highest BCUT2D eigenvalue weighted by molar-refractivity contribution is 7.89. The minimum atomic E-state index is -4.00. The first kappa shape index (κ1) is 25.5. The predicted octanol–water partition coefficient (Wildman–Crippen LogP) is 3.31. The fourth-order valence-electron chi connectivity index (χ4n) is 3.76. The van der Waals surface area contributed by atoms with Gasteiger partial charge in [0.05, 0.1) is 19.1 Å². The molecular formula is C24H31N3O6S. The Bertz CT molecular complexity index is 1140. The number of sulfonamides is 1. The second-order valence-electron chi connectivity index (χ2n) is 8.61. The van der Waals surface area contributed by atoms with Crippen LogP contribution in [0.2, 0.25) is 0 Å². The van der Waals surface area contributed by atoms with Gasteiger partial charge in [-0.3, -0.25) is 9.59 Å². The molecule has 1 aliphatic heterocycles. The third-order valence-electron chi connectivity index (χ3n) is 5.45. The molecule has 1 aliphatic rings. The molecule has 1 heterocycles. The van der Waals surface area contributed by atoms with Crippen molar-refractivity contribution in [2.75, 3.05) is 24.9 Å². The van der Waals surface area contributed by atoms with Gasteiger partial charge in [0, 0.05) is 36.0 Å². The molecular weight excluding hydrogens is 458 g/mol. The smallest absolute Gasteiger partial charge is 0.242 e. The van der Waals surface area contributed by atoms with E-state index in [-0.39, 0.29) is 16.7 Å². The molecule has 0 aromatic heterocycles. The van der Waals surface area contributed by atoms with E-state index in [0.717, 1.165) is 5.56 Å². The van der Waals surface area contributed by atoms with Crippen LogP contribution in [0.1, 0.15) is 38.7 Å². The zero-order valence-electron chi connectivity index (χ0n) is 19.8. The molecule has 0 radical (unpaired) electrons. The van der Waals surface area contributed by atoms with E-state index in [1.54, 1.807) is 30.3 Å². The summed E-state index contributed by atoms with van der Waals surface area (Å²) in [5.74, 6) is 0.464. The van der Waals surface area contributed by atoms with Gasteiger partial charge in [-0.2, -0.15) is 4.72 Å². The Morgan fingerprint density at radius 1 is 1.06 bits per heavy atom. The summed E-state index contributed by atoms with van der Waals surface area (Å²) in [4.78, 5) is 24.9. The number of carbonyl (C=O) groups is 2. The molecule has 2 aromatic carbocycles. The van der Waals surface area contributed by atoms with Crippen molar-refractivity contribution in [3.63, 3.8) is 0 Å². The summed E-state index contributed by atoms with van der Waals surface area (Å²) >= 11 is 0. The highest BCUT2D eigenvalue weighted by Crippen LogP contribution is 2.27. The van der Waals surface area contributed by atoms with Crippen LogP contribution in [0.15, 0.2) is 41.3 Å². The molecule has 34 heavy (non-hydrogen) atoms. The van der Waals surface area contributed by atoms with E-state index < -0.39 is 22.0 Å². The summed E-state index contributed by atoms with van der Waals surface area (Å²) in [6.45, 7) is 3.82. The highest BCUT2D eigenvalue weighted by Gasteiger charge is 2.28. The van der Waals surface area contributed by atoms with E-state index in [1.165, 1.54) is 20.3 Å². The number of fused-ring (bicyclic) bond motifs is 1. The Balaban J connectivity index is 1.83. The molecule has 0 fully saturated rings. The van der Waals surface area contributed by atoms with Crippen molar-refractivity contribution in [1.29, 1.82) is 0 Å². The monoisotopic (exact) mass is 489 g/mol. The lowest BCUT2D eigenvalue weighted by Crippen LogP contribution is -2.44. The van der Waals surface area contributed by atoms with Crippen molar-refractivity contribution in [3.05, 3.63) is 42.0 Å². The summed E-state index contributed by atoms with van der Waals surface area (Å²) in [7, 11) is -0.996. The Morgan fingerprint density at radius 2 is 1.74 bits per heavy atom. The Kier molecular flexibility index (Phi) is 8.16. The van der Waals surface area contributed by atoms with Crippen molar-refractivity contribution in [2.24, 2.45) is 5.92 Å². The van der Waals surface area contributed by atoms with Gasteiger partial charge in [0.25, 0.3) is 0 Å². The number of hydrogen-bond donors (Lipinski definition) is 3. The van der Waals surface area contributed by atoms with Crippen molar-refractivity contribution in [1.82, 2.24) is 4.72 Å². The summed E-state index contributed by atoms with van der Waals surface area (Å²) in [5, 5.41) is 5.55. The second kappa shape index (κ2) is 10.9. The van der Waals surface area contributed by atoms with E-state index in [9.17, 15) is 18.0 Å². The van der Waals surface area contributed by atoms with E-state index >= 15 is 0 Å². The summed E-state index contributed by atoms with van der Waals surface area (Å²) < 4.78 is 39.4. The zero-order chi connectivity index (χ0) is 24.9. The third-order valence-corrected chi connectivity index (χ3v) is 6.92. The van der Waals surface area contributed by atoms with Crippen molar-refractivity contribution in [2.45, 2.75) is 50.5 Å².